The Kier molecular flexibility index (Phi) is 5.53. The number of hydrogen-bond acceptors (Lipinski definition) is 3. The number of benzene rings is 1. The summed E-state index contributed by atoms with van der Waals surface area (Å²) in [6, 6.07) is 8.98. The van der Waals surface area contributed by atoms with Gasteiger partial charge in [-0.1, -0.05) is 30.3 Å². The Morgan fingerprint density at radius 2 is 2.12 bits per heavy atom. The number of aliphatic hydroxyl groups excluding tert-OH is 1. The van der Waals surface area contributed by atoms with Gasteiger partial charge in [-0.2, -0.15) is 0 Å². The first-order valence-corrected chi connectivity index (χ1v) is 5.30. The van der Waals surface area contributed by atoms with E-state index in [2.05, 4.69) is 5.32 Å². The number of carbonyl (C=O) groups excluding carboxylic acids is 1. The molecule has 0 saturated heterocycles. The Morgan fingerprint density at radius 3 is 2.69 bits per heavy atom. The molecule has 0 radical (unpaired) electrons. The molecule has 0 bridgehead atoms. The average Bonchev–Trinajstić information content (AvgIpc) is 2.34. The first-order valence-electron chi connectivity index (χ1n) is 5.30. The molecule has 1 atom stereocenters. The van der Waals surface area contributed by atoms with Crippen molar-refractivity contribution in [2.45, 2.75) is 13.0 Å². The van der Waals surface area contributed by atoms with Gasteiger partial charge in [-0.25, -0.2) is 0 Å². The minimum atomic E-state index is -0.367. The van der Waals surface area contributed by atoms with Crippen LogP contribution in [-0.2, 0) is 9.53 Å². The number of aliphatic hydroxyl groups is 1. The zero-order chi connectivity index (χ0) is 11.8. The molecule has 4 nitrogen and oxygen atoms in total. The van der Waals surface area contributed by atoms with Crippen LogP contribution in [0.2, 0.25) is 0 Å². The molecular weight excluding hydrogens is 206 g/mol. The smallest absolute Gasteiger partial charge is 0.246 e. The molecule has 1 rings (SSSR count). The van der Waals surface area contributed by atoms with Crippen molar-refractivity contribution in [2.24, 2.45) is 0 Å². The molecule has 0 unspecified atom stereocenters. The van der Waals surface area contributed by atoms with E-state index in [-0.39, 0.29) is 25.2 Å². The molecule has 0 aliphatic heterocycles. The number of rotatable bonds is 6. The van der Waals surface area contributed by atoms with Gasteiger partial charge in [0.1, 0.15) is 6.61 Å². The van der Waals surface area contributed by atoms with Crippen LogP contribution in [0.15, 0.2) is 30.3 Å². The summed E-state index contributed by atoms with van der Waals surface area (Å²) in [5.74, 6) is -0.218. The average molecular weight is 223 g/mol. The largest absolute Gasteiger partial charge is 0.394 e. The van der Waals surface area contributed by atoms with Crippen molar-refractivity contribution < 1.29 is 14.6 Å². The maximum atomic E-state index is 11.4. The maximum absolute atomic E-state index is 11.4. The number of nitrogens with one attached hydrogen (secondary N) is 1. The van der Waals surface area contributed by atoms with Crippen LogP contribution < -0.4 is 5.32 Å². The predicted octanol–water partition coefficient (Wildman–Crippen LogP) is 0.873. The van der Waals surface area contributed by atoms with Gasteiger partial charge < -0.3 is 15.2 Å². The van der Waals surface area contributed by atoms with Crippen molar-refractivity contribution in [2.75, 3.05) is 19.8 Å². The van der Waals surface area contributed by atoms with E-state index in [9.17, 15) is 9.90 Å². The summed E-state index contributed by atoms with van der Waals surface area (Å²) in [4.78, 5) is 11.4. The second kappa shape index (κ2) is 6.98. The summed E-state index contributed by atoms with van der Waals surface area (Å²) in [6.45, 7) is 2.23. The van der Waals surface area contributed by atoms with Crippen molar-refractivity contribution in [3.8, 4) is 0 Å². The third kappa shape index (κ3) is 4.00. The van der Waals surface area contributed by atoms with Crippen molar-refractivity contribution in [1.82, 2.24) is 5.32 Å². The van der Waals surface area contributed by atoms with Gasteiger partial charge >= 0.3 is 0 Å². The number of ether oxygens (including phenoxy) is 1. The second-order valence-corrected chi connectivity index (χ2v) is 3.35. The molecule has 0 fully saturated rings. The van der Waals surface area contributed by atoms with Gasteiger partial charge in [-0.3, -0.25) is 4.79 Å². The molecule has 0 aromatic heterocycles. The van der Waals surface area contributed by atoms with Crippen LogP contribution in [0.5, 0.6) is 0 Å². The lowest BCUT2D eigenvalue weighted by molar-refractivity contribution is -0.126. The van der Waals surface area contributed by atoms with Crippen LogP contribution in [0, 0.1) is 0 Å². The van der Waals surface area contributed by atoms with Gasteiger partial charge in [0.15, 0.2) is 0 Å². The third-order valence-corrected chi connectivity index (χ3v) is 2.16. The van der Waals surface area contributed by atoms with Gasteiger partial charge in [-0.05, 0) is 12.5 Å². The molecule has 0 saturated carbocycles. The lowest BCUT2D eigenvalue weighted by atomic mass is 10.1. The zero-order valence-corrected chi connectivity index (χ0v) is 9.35. The van der Waals surface area contributed by atoms with E-state index in [0.717, 1.165) is 5.56 Å². The van der Waals surface area contributed by atoms with E-state index >= 15 is 0 Å². The van der Waals surface area contributed by atoms with E-state index in [1.165, 1.54) is 0 Å². The first-order chi connectivity index (χ1) is 7.77. The molecule has 0 aliphatic carbocycles. The highest BCUT2D eigenvalue weighted by Crippen LogP contribution is 2.11. The molecule has 0 aliphatic rings. The summed E-state index contributed by atoms with van der Waals surface area (Å²) in [6.07, 6.45) is 0. The van der Waals surface area contributed by atoms with Crippen LogP contribution in [-0.4, -0.2) is 30.8 Å². The minimum Gasteiger partial charge on any atom is -0.394 e. The molecule has 88 valence electrons. The van der Waals surface area contributed by atoms with Crippen LogP contribution in [0.4, 0.5) is 0 Å². The van der Waals surface area contributed by atoms with Gasteiger partial charge in [0, 0.05) is 6.61 Å². The summed E-state index contributed by atoms with van der Waals surface area (Å²) >= 11 is 0. The van der Waals surface area contributed by atoms with Gasteiger partial charge in [0.2, 0.25) is 5.91 Å². The van der Waals surface area contributed by atoms with Gasteiger partial charge in [0.25, 0.3) is 0 Å². The van der Waals surface area contributed by atoms with Gasteiger partial charge in [-0.15, -0.1) is 0 Å². The standard InChI is InChI=1S/C12H17NO3/c1-2-16-9-12(15)13-11(8-14)10-6-4-3-5-7-10/h3-7,11,14H,2,8-9H2,1H3,(H,13,15)/t11-/m0/s1. The Hall–Kier alpha value is -1.39. The topological polar surface area (TPSA) is 58.6 Å². The highest BCUT2D eigenvalue weighted by molar-refractivity contribution is 5.77. The van der Waals surface area contributed by atoms with E-state index in [1.54, 1.807) is 0 Å². The monoisotopic (exact) mass is 223 g/mol. The first kappa shape index (κ1) is 12.7. The van der Waals surface area contributed by atoms with Crippen molar-refractivity contribution in [3.05, 3.63) is 35.9 Å². The van der Waals surface area contributed by atoms with Crippen LogP contribution in [0.25, 0.3) is 0 Å². The van der Waals surface area contributed by atoms with Crippen LogP contribution in [0.1, 0.15) is 18.5 Å². The number of amides is 1. The highest BCUT2D eigenvalue weighted by Gasteiger charge is 2.12. The normalized spacial score (nSPS) is 12.1. The molecular formula is C12H17NO3. The number of carbonyl (C=O) groups is 1. The molecule has 1 aromatic carbocycles. The quantitative estimate of drug-likeness (QED) is 0.752. The number of hydrogen-bond donors (Lipinski definition) is 2. The van der Waals surface area contributed by atoms with E-state index < -0.39 is 0 Å². The third-order valence-electron chi connectivity index (χ3n) is 2.16. The molecule has 4 heteroatoms. The lowest BCUT2D eigenvalue weighted by Crippen LogP contribution is -2.33. The second-order valence-electron chi connectivity index (χ2n) is 3.35. The van der Waals surface area contributed by atoms with E-state index in [0.29, 0.717) is 6.61 Å². The summed E-state index contributed by atoms with van der Waals surface area (Å²) in [5.41, 5.74) is 0.884. The van der Waals surface area contributed by atoms with Crippen molar-refractivity contribution >= 4 is 5.91 Å². The van der Waals surface area contributed by atoms with Crippen LogP contribution >= 0.6 is 0 Å². The summed E-state index contributed by atoms with van der Waals surface area (Å²) in [5, 5.41) is 11.9. The fourth-order valence-corrected chi connectivity index (χ4v) is 1.35. The zero-order valence-electron chi connectivity index (χ0n) is 9.35. The fourth-order valence-electron chi connectivity index (χ4n) is 1.35. The van der Waals surface area contributed by atoms with Crippen molar-refractivity contribution in [1.29, 1.82) is 0 Å². The van der Waals surface area contributed by atoms with Gasteiger partial charge in [0.05, 0.1) is 12.6 Å². The van der Waals surface area contributed by atoms with E-state index in [1.807, 2.05) is 37.3 Å². The Morgan fingerprint density at radius 1 is 1.44 bits per heavy atom. The summed E-state index contributed by atoms with van der Waals surface area (Å²) < 4.78 is 4.98. The highest BCUT2D eigenvalue weighted by atomic mass is 16.5. The molecule has 0 heterocycles. The Labute approximate surface area is 95.2 Å². The van der Waals surface area contributed by atoms with E-state index in [4.69, 9.17) is 4.74 Å². The molecule has 16 heavy (non-hydrogen) atoms. The molecule has 0 spiro atoms. The summed E-state index contributed by atoms with van der Waals surface area (Å²) in [7, 11) is 0. The SMILES string of the molecule is CCOCC(=O)N[C@@H](CO)c1ccccc1. The Bertz CT molecular complexity index is 313. The maximum Gasteiger partial charge on any atom is 0.246 e. The fraction of sp³-hybridized carbons (Fsp3) is 0.417. The predicted molar refractivity (Wildman–Crippen MR) is 60.9 cm³/mol. The molecule has 1 aromatic rings. The molecule has 1 amide bonds. The minimum absolute atomic E-state index is 0.0276. The Balaban J connectivity index is 2.52. The lowest BCUT2D eigenvalue weighted by Gasteiger charge is -2.16. The molecule has 2 N–H and O–H groups in total. The van der Waals surface area contributed by atoms with Crippen molar-refractivity contribution in [3.63, 3.8) is 0 Å². The van der Waals surface area contributed by atoms with Crippen LogP contribution in [0.3, 0.4) is 0 Å².